The van der Waals surface area contributed by atoms with Crippen molar-refractivity contribution in [3.05, 3.63) is 23.8 Å². The predicted molar refractivity (Wildman–Crippen MR) is 66.4 cm³/mol. The third kappa shape index (κ3) is 2.22. The first-order valence-electron chi connectivity index (χ1n) is 5.55. The number of sulfonamides is 1. The second kappa shape index (κ2) is 4.51. The minimum Gasteiger partial charge on any atom is -0.399 e. The molecule has 18 heavy (non-hydrogen) atoms. The number of benzene rings is 1. The first-order chi connectivity index (χ1) is 8.32. The van der Waals surface area contributed by atoms with E-state index in [9.17, 15) is 18.6 Å². The fraction of sp³-hybridized carbons (Fsp3) is 0.455. The molecule has 1 aromatic carbocycles. The Morgan fingerprint density at radius 1 is 1.28 bits per heavy atom. The number of hydrogen-bond donors (Lipinski definition) is 3. The molecule has 1 fully saturated rings. The van der Waals surface area contributed by atoms with Gasteiger partial charge in [0.1, 0.15) is 0 Å². The quantitative estimate of drug-likeness (QED) is 0.618. The molecule has 1 aliphatic rings. The molecule has 0 radical (unpaired) electrons. The van der Waals surface area contributed by atoms with E-state index in [1.165, 1.54) is 6.07 Å². The van der Waals surface area contributed by atoms with Gasteiger partial charge in [-0.15, -0.1) is 0 Å². The first-order valence-corrected chi connectivity index (χ1v) is 6.99. The van der Waals surface area contributed by atoms with E-state index >= 15 is 0 Å². The molecule has 1 aliphatic heterocycles. The summed E-state index contributed by atoms with van der Waals surface area (Å²) in [4.78, 5) is 0.115. The summed E-state index contributed by atoms with van der Waals surface area (Å²) in [5, 5.41) is 18.8. The second-order valence-corrected chi connectivity index (χ2v) is 6.39. The van der Waals surface area contributed by atoms with Crippen LogP contribution in [0.3, 0.4) is 0 Å². The maximum atomic E-state index is 12.3. The van der Waals surface area contributed by atoms with Crippen molar-refractivity contribution < 1.29 is 18.6 Å². The van der Waals surface area contributed by atoms with E-state index in [0.29, 0.717) is 11.3 Å². The highest BCUT2D eigenvalue weighted by atomic mass is 32.2. The summed E-state index contributed by atoms with van der Waals surface area (Å²) >= 11 is 0. The molecule has 0 amide bonds. The number of nitrogen functional groups attached to an aromatic ring is 1. The summed E-state index contributed by atoms with van der Waals surface area (Å²) in [6.45, 7) is 1.48. The third-order valence-electron chi connectivity index (χ3n) is 3.06. The summed E-state index contributed by atoms with van der Waals surface area (Å²) in [7, 11) is -3.72. The number of aliphatic hydroxyl groups is 2. The van der Waals surface area contributed by atoms with Crippen molar-refractivity contribution in [3.63, 3.8) is 0 Å². The van der Waals surface area contributed by atoms with Gasteiger partial charge in [0, 0.05) is 18.8 Å². The third-order valence-corrected chi connectivity index (χ3v) is 5.03. The van der Waals surface area contributed by atoms with E-state index in [1.54, 1.807) is 19.1 Å². The van der Waals surface area contributed by atoms with Crippen molar-refractivity contribution in [2.24, 2.45) is 0 Å². The van der Waals surface area contributed by atoms with E-state index in [0.717, 1.165) is 4.31 Å². The molecular weight excluding hydrogens is 256 g/mol. The lowest BCUT2D eigenvalue weighted by atomic mass is 10.2. The lowest BCUT2D eigenvalue weighted by molar-refractivity contribution is 0.0572. The van der Waals surface area contributed by atoms with Crippen molar-refractivity contribution in [3.8, 4) is 0 Å². The number of rotatable bonds is 2. The minimum absolute atomic E-state index is 0.0995. The highest BCUT2D eigenvalue weighted by Crippen LogP contribution is 2.25. The van der Waals surface area contributed by atoms with Crippen LogP contribution in [-0.4, -0.2) is 48.2 Å². The Balaban J connectivity index is 2.40. The number of aliphatic hydroxyl groups excluding tert-OH is 2. The molecule has 1 saturated heterocycles. The lowest BCUT2D eigenvalue weighted by Crippen LogP contribution is -2.30. The first kappa shape index (κ1) is 13.3. The SMILES string of the molecule is Cc1ccc(N)cc1S(=O)(=O)N1C[C@@H](O)[C@@H](O)C1. The number of hydrogen-bond acceptors (Lipinski definition) is 5. The van der Waals surface area contributed by atoms with E-state index < -0.39 is 22.2 Å². The van der Waals surface area contributed by atoms with Crippen LogP contribution in [0.4, 0.5) is 5.69 Å². The molecule has 2 atom stereocenters. The Morgan fingerprint density at radius 3 is 2.39 bits per heavy atom. The Morgan fingerprint density at radius 2 is 1.83 bits per heavy atom. The normalized spacial score (nSPS) is 25.5. The van der Waals surface area contributed by atoms with E-state index in [2.05, 4.69) is 0 Å². The molecule has 0 saturated carbocycles. The van der Waals surface area contributed by atoms with Crippen LogP contribution >= 0.6 is 0 Å². The highest BCUT2D eigenvalue weighted by molar-refractivity contribution is 7.89. The molecule has 4 N–H and O–H groups in total. The monoisotopic (exact) mass is 272 g/mol. The molecule has 0 bridgehead atoms. The summed E-state index contributed by atoms with van der Waals surface area (Å²) in [5.74, 6) is 0. The van der Waals surface area contributed by atoms with Crippen LogP contribution in [0.2, 0.25) is 0 Å². The zero-order valence-electron chi connectivity index (χ0n) is 9.94. The molecular formula is C11H16N2O4S. The molecule has 1 heterocycles. The predicted octanol–water partition coefficient (Wildman–Crippen LogP) is -0.697. The smallest absolute Gasteiger partial charge is 0.243 e. The molecule has 1 aromatic rings. The van der Waals surface area contributed by atoms with Gasteiger partial charge in [0.05, 0.1) is 17.1 Å². The number of nitrogens with two attached hydrogens (primary N) is 1. The average Bonchev–Trinajstić information content (AvgIpc) is 2.63. The van der Waals surface area contributed by atoms with Gasteiger partial charge in [-0.1, -0.05) is 6.07 Å². The van der Waals surface area contributed by atoms with Crippen molar-refractivity contribution in [1.82, 2.24) is 4.31 Å². The molecule has 100 valence electrons. The number of aryl methyl sites for hydroxylation is 1. The second-order valence-electron chi connectivity index (χ2n) is 4.48. The van der Waals surface area contributed by atoms with Crippen molar-refractivity contribution >= 4 is 15.7 Å². The van der Waals surface area contributed by atoms with Crippen LogP contribution in [0, 0.1) is 6.92 Å². The van der Waals surface area contributed by atoms with Crippen LogP contribution in [-0.2, 0) is 10.0 Å². The number of anilines is 1. The van der Waals surface area contributed by atoms with E-state index in [1.807, 2.05) is 0 Å². The maximum absolute atomic E-state index is 12.3. The fourth-order valence-corrected chi connectivity index (χ4v) is 3.70. The average molecular weight is 272 g/mol. The molecule has 2 rings (SSSR count). The van der Waals surface area contributed by atoms with Crippen LogP contribution in [0.25, 0.3) is 0 Å². The summed E-state index contributed by atoms with van der Waals surface area (Å²) in [6.07, 6.45) is -2.08. The Kier molecular flexibility index (Phi) is 3.33. The van der Waals surface area contributed by atoms with Gasteiger partial charge < -0.3 is 15.9 Å². The van der Waals surface area contributed by atoms with E-state index in [4.69, 9.17) is 5.73 Å². The van der Waals surface area contributed by atoms with Crippen molar-refractivity contribution in [2.45, 2.75) is 24.0 Å². The standard InChI is InChI=1S/C11H16N2O4S/c1-7-2-3-8(12)4-11(7)18(16,17)13-5-9(14)10(15)6-13/h2-4,9-10,14-15H,5-6,12H2,1H3/t9-,10+. The highest BCUT2D eigenvalue weighted by Gasteiger charge is 2.38. The molecule has 0 unspecified atom stereocenters. The summed E-state index contributed by atoms with van der Waals surface area (Å²) in [6, 6.07) is 4.65. The lowest BCUT2D eigenvalue weighted by Gasteiger charge is -2.17. The van der Waals surface area contributed by atoms with Gasteiger partial charge in [-0.05, 0) is 24.6 Å². The molecule has 7 heteroatoms. The van der Waals surface area contributed by atoms with Gasteiger partial charge >= 0.3 is 0 Å². The maximum Gasteiger partial charge on any atom is 0.243 e. The van der Waals surface area contributed by atoms with Gasteiger partial charge in [-0.2, -0.15) is 4.31 Å². The Labute approximate surface area is 106 Å². The van der Waals surface area contributed by atoms with Gasteiger partial charge in [0.25, 0.3) is 0 Å². The van der Waals surface area contributed by atoms with Crippen molar-refractivity contribution in [1.29, 1.82) is 0 Å². The molecule has 0 aliphatic carbocycles. The topological polar surface area (TPSA) is 104 Å². The van der Waals surface area contributed by atoms with E-state index in [-0.39, 0.29) is 18.0 Å². The molecule has 0 spiro atoms. The Hall–Kier alpha value is -1.15. The van der Waals surface area contributed by atoms with Gasteiger partial charge in [0.15, 0.2) is 0 Å². The van der Waals surface area contributed by atoms with Crippen LogP contribution in [0.15, 0.2) is 23.1 Å². The van der Waals surface area contributed by atoms with Crippen molar-refractivity contribution in [2.75, 3.05) is 18.8 Å². The molecule has 6 nitrogen and oxygen atoms in total. The largest absolute Gasteiger partial charge is 0.399 e. The van der Waals surface area contributed by atoms with Gasteiger partial charge in [0.2, 0.25) is 10.0 Å². The zero-order chi connectivity index (χ0) is 13.5. The minimum atomic E-state index is -3.72. The van der Waals surface area contributed by atoms with Crippen LogP contribution < -0.4 is 5.73 Å². The van der Waals surface area contributed by atoms with Gasteiger partial charge in [-0.25, -0.2) is 8.42 Å². The Bertz CT molecular complexity index is 548. The summed E-state index contributed by atoms with van der Waals surface area (Å²) in [5.41, 5.74) is 6.54. The van der Waals surface area contributed by atoms with Crippen LogP contribution in [0.5, 0.6) is 0 Å². The molecule has 0 aromatic heterocycles. The number of β-amino-alcohol motifs (C(OH)–C–C–N with tert-alkyl or cyclic N) is 2. The van der Waals surface area contributed by atoms with Gasteiger partial charge in [-0.3, -0.25) is 0 Å². The number of nitrogens with zero attached hydrogens (tertiary/aromatic N) is 1. The van der Waals surface area contributed by atoms with Crippen LogP contribution in [0.1, 0.15) is 5.56 Å². The fourth-order valence-electron chi connectivity index (χ4n) is 1.97. The zero-order valence-corrected chi connectivity index (χ0v) is 10.8. The summed E-state index contributed by atoms with van der Waals surface area (Å²) < 4.78 is 25.8.